The number of aryl methyl sites for hydroxylation is 1. The lowest BCUT2D eigenvalue weighted by Gasteiger charge is -2.06. The van der Waals surface area contributed by atoms with Gasteiger partial charge in [0.1, 0.15) is 12.4 Å². The van der Waals surface area contributed by atoms with Gasteiger partial charge in [-0.3, -0.25) is 4.79 Å². The van der Waals surface area contributed by atoms with Crippen molar-refractivity contribution in [3.8, 4) is 5.75 Å². The van der Waals surface area contributed by atoms with Gasteiger partial charge in [-0.05, 0) is 47.9 Å². The number of hydrogen-bond donors (Lipinski definition) is 1. The van der Waals surface area contributed by atoms with Crippen LogP contribution in [0.4, 0.5) is 0 Å². The first-order valence-electron chi connectivity index (χ1n) is 8.38. The summed E-state index contributed by atoms with van der Waals surface area (Å²) in [7, 11) is 0. The highest BCUT2D eigenvalue weighted by atomic mass is 16.5. The maximum atomic E-state index is 12.2. The molecule has 1 amide bonds. The lowest BCUT2D eigenvalue weighted by molar-refractivity contribution is 0.0955. The molecule has 0 spiro atoms. The molecule has 130 valence electrons. The monoisotopic (exact) mass is 344 g/mol. The van der Waals surface area contributed by atoms with Crippen LogP contribution in [-0.2, 0) is 6.61 Å². The zero-order valence-electron chi connectivity index (χ0n) is 14.6. The second-order valence-electron chi connectivity index (χ2n) is 5.85. The first-order chi connectivity index (χ1) is 12.7. The number of hydrogen-bond acceptors (Lipinski definition) is 3. The number of carbonyl (C=O) groups excluding carboxylic acids is 1. The molecule has 0 aromatic heterocycles. The maximum Gasteiger partial charge on any atom is 0.271 e. The molecular formula is C22H20N2O2. The SMILES string of the molecule is Cc1ccccc1/C=N\NC(=O)c1ccc(COc2ccccc2)cc1. The Morgan fingerprint density at radius 1 is 0.962 bits per heavy atom. The summed E-state index contributed by atoms with van der Waals surface area (Å²) in [4.78, 5) is 12.2. The molecule has 0 heterocycles. The highest BCUT2D eigenvalue weighted by molar-refractivity contribution is 5.95. The predicted molar refractivity (Wildman–Crippen MR) is 103 cm³/mol. The van der Waals surface area contributed by atoms with Gasteiger partial charge in [0, 0.05) is 5.56 Å². The molecule has 0 aliphatic carbocycles. The minimum atomic E-state index is -0.245. The molecule has 3 aromatic rings. The van der Waals surface area contributed by atoms with Crippen LogP contribution in [0, 0.1) is 6.92 Å². The average Bonchev–Trinajstić information content (AvgIpc) is 2.69. The zero-order chi connectivity index (χ0) is 18.2. The highest BCUT2D eigenvalue weighted by Crippen LogP contribution is 2.12. The number of rotatable bonds is 6. The molecule has 0 atom stereocenters. The minimum Gasteiger partial charge on any atom is -0.489 e. The molecule has 0 aliphatic heterocycles. The molecule has 3 rings (SSSR count). The molecule has 0 bridgehead atoms. The Kier molecular flexibility index (Phi) is 5.78. The molecule has 3 aromatic carbocycles. The van der Waals surface area contributed by atoms with Crippen LogP contribution in [0.15, 0.2) is 84.0 Å². The van der Waals surface area contributed by atoms with Crippen molar-refractivity contribution in [3.63, 3.8) is 0 Å². The van der Waals surface area contributed by atoms with Gasteiger partial charge in [0.05, 0.1) is 6.21 Å². The summed E-state index contributed by atoms with van der Waals surface area (Å²) in [5.41, 5.74) is 6.18. The smallest absolute Gasteiger partial charge is 0.271 e. The molecule has 0 aliphatic rings. The Labute approximate surface area is 153 Å². The fourth-order valence-corrected chi connectivity index (χ4v) is 2.39. The van der Waals surface area contributed by atoms with Crippen molar-refractivity contribution < 1.29 is 9.53 Å². The number of amides is 1. The van der Waals surface area contributed by atoms with Crippen LogP contribution >= 0.6 is 0 Å². The van der Waals surface area contributed by atoms with Gasteiger partial charge in [0.2, 0.25) is 0 Å². The Hall–Kier alpha value is -3.40. The van der Waals surface area contributed by atoms with E-state index in [1.165, 1.54) is 0 Å². The van der Waals surface area contributed by atoms with E-state index in [0.29, 0.717) is 12.2 Å². The molecule has 0 unspecified atom stereocenters. The van der Waals surface area contributed by atoms with Crippen molar-refractivity contribution in [2.75, 3.05) is 0 Å². The maximum absolute atomic E-state index is 12.2. The lowest BCUT2D eigenvalue weighted by atomic mass is 10.1. The van der Waals surface area contributed by atoms with Gasteiger partial charge in [-0.2, -0.15) is 5.10 Å². The minimum absolute atomic E-state index is 0.245. The molecule has 4 heteroatoms. The summed E-state index contributed by atoms with van der Waals surface area (Å²) in [6.07, 6.45) is 1.65. The van der Waals surface area contributed by atoms with Gasteiger partial charge in [0.15, 0.2) is 0 Å². The third-order valence-corrected chi connectivity index (χ3v) is 3.92. The second-order valence-corrected chi connectivity index (χ2v) is 5.85. The summed E-state index contributed by atoms with van der Waals surface area (Å²) < 4.78 is 5.69. The Morgan fingerprint density at radius 2 is 1.65 bits per heavy atom. The van der Waals surface area contributed by atoms with E-state index in [4.69, 9.17) is 4.74 Å². The van der Waals surface area contributed by atoms with E-state index >= 15 is 0 Å². The molecule has 0 fully saturated rings. The molecule has 1 N–H and O–H groups in total. The largest absolute Gasteiger partial charge is 0.489 e. The van der Waals surface area contributed by atoms with Crippen molar-refractivity contribution in [1.29, 1.82) is 0 Å². The van der Waals surface area contributed by atoms with E-state index in [2.05, 4.69) is 10.5 Å². The van der Waals surface area contributed by atoms with Crippen LogP contribution < -0.4 is 10.2 Å². The number of carbonyl (C=O) groups is 1. The van der Waals surface area contributed by atoms with Crippen LogP contribution in [0.1, 0.15) is 27.0 Å². The predicted octanol–water partition coefficient (Wildman–Crippen LogP) is 4.34. The van der Waals surface area contributed by atoms with Gasteiger partial charge in [-0.1, -0.05) is 54.6 Å². The summed E-state index contributed by atoms with van der Waals surface area (Å²) >= 11 is 0. The Morgan fingerprint density at radius 3 is 2.38 bits per heavy atom. The molecular weight excluding hydrogens is 324 g/mol. The van der Waals surface area contributed by atoms with Gasteiger partial charge in [0.25, 0.3) is 5.91 Å². The first kappa shape index (κ1) is 17.4. The second kappa shape index (κ2) is 8.62. The van der Waals surface area contributed by atoms with E-state index in [0.717, 1.165) is 22.4 Å². The van der Waals surface area contributed by atoms with Crippen molar-refractivity contribution in [2.45, 2.75) is 13.5 Å². The summed E-state index contributed by atoms with van der Waals surface area (Å²) in [6, 6.07) is 24.8. The van der Waals surface area contributed by atoms with Crippen molar-refractivity contribution >= 4 is 12.1 Å². The average molecular weight is 344 g/mol. The van der Waals surface area contributed by atoms with Gasteiger partial charge < -0.3 is 4.74 Å². The van der Waals surface area contributed by atoms with Gasteiger partial charge in [-0.15, -0.1) is 0 Å². The summed E-state index contributed by atoms with van der Waals surface area (Å²) in [6.45, 7) is 2.46. The van der Waals surface area contributed by atoms with Crippen LogP contribution in [0.25, 0.3) is 0 Å². The van der Waals surface area contributed by atoms with Crippen LogP contribution in [0.5, 0.6) is 5.75 Å². The number of nitrogens with zero attached hydrogens (tertiary/aromatic N) is 1. The van der Waals surface area contributed by atoms with E-state index in [-0.39, 0.29) is 5.91 Å². The lowest BCUT2D eigenvalue weighted by Crippen LogP contribution is -2.17. The molecule has 0 saturated heterocycles. The van der Waals surface area contributed by atoms with Crippen LogP contribution in [-0.4, -0.2) is 12.1 Å². The molecule has 0 radical (unpaired) electrons. The standard InChI is InChI=1S/C22H20N2O2/c1-17-7-5-6-8-20(17)15-23-24-22(25)19-13-11-18(12-14-19)16-26-21-9-3-2-4-10-21/h2-15H,16H2,1H3,(H,24,25)/b23-15-. The van der Waals surface area contributed by atoms with Crippen molar-refractivity contribution in [1.82, 2.24) is 5.43 Å². The normalized spacial score (nSPS) is 10.7. The number of para-hydroxylation sites is 1. The summed E-state index contributed by atoms with van der Waals surface area (Å²) in [5, 5.41) is 4.03. The van der Waals surface area contributed by atoms with Gasteiger partial charge in [-0.25, -0.2) is 5.43 Å². The fourth-order valence-electron chi connectivity index (χ4n) is 2.39. The van der Waals surface area contributed by atoms with Crippen LogP contribution in [0.2, 0.25) is 0 Å². The topological polar surface area (TPSA) is 50.7 Å². The number of hydrazone groups is 1. The number of ether oxygens (including phenoxy) is 1. The van der Waals surface area contributed by atoms with E-state index < -0.39 is 0 Å². The van der Waals surface area contributed by atoms with Crippen molar-refractivity contribution in [3.05, 3.63) is 101 Å². The fraction of sp³-hybridized carbons (Fsp3) is 0.0909. The highest BCUT2D eigenvalue weighted by Gasteiger charge is 2.04. The van der Waals surface area contributed by atoms with E-state index in [9.17, 15) is 4.79 Å². The van der Waals surface area contributed by atoms with E-state index in [1.807, 2.05) is 73.7 Å². The molecule has 26 heavy (non-hydrogen) atoms. The third kappa shape index (κ3) is 4.80. The number of benzene rings is 3. The Bertz CT molecular complexity index is 888. The molecule has 0 saturated carbocycles. The van der Waals surface area contributed by atoms with Gasteiger partial charge >= 0.3 is 0 Å². The van der Waals surface area contributed by atoms with Crippen LogP contribution in [0.3, 0.4) is 0 Å². The third-order valence-electron chi connectivity index (χ3n) is 3.92. The van der Waals surface area contributed by atoms with E-state index in [1.54, 1.807) is 18.3 Å². The quantitative estimate of drug-likeness (QED) is 0.534. The van der Waals surface area contributed by atoms with Crippen molar-refractivity contribution in [2.24, 2.45) is 5.10 Å². The Balaban J connectivity index is 1.54. The zero-order valence-corrected chi connectivity index (χ0v) is 14.6. The molecule has 4 nitrogen and oxygen atoms in total. The summed E-state index contributed by atoms with van der Waals surface area (Å²) in [5.74, 6) is 0.574. The first-order valence-corrected chi connectivity index (χ1v) is 8.38. The number of nitrogens with one attached hydrogen (secondary N) is 1.